The van der Waals surface area contributed by atoms with Gasteiger partial charge in [0.15, 0.2) is 11.5 Å². The van der Waals surface area contributed by atoms with Crippen LogP contribution in [0.25, 0.3) is 10.1 Å². The number of benzene rings is 3. The van der Waals surface area contributed by atoms with Crippen LogP contribution in [0.2, 0.25) is 0 Å². The van der Waals surface area contributed by atoms with Crippen LogP contribution in [0.1, 0.15) is 28.4 Å². The van der Waals surface area contributed by atoms with Gasteiger partial charge >= 0.3 is 5.97 Å². The maximum Gasteiger partial charge on any atom is 0.341 e. The fraction of sp³-hybridized carbons (Fsp3) is 0.154. The van der Waals surface area contributed by atoms with Gasteiger partial charge in [-0.05, 0) is 71.0 Å². The number of carbonyl (C=O) groups is 1. The number of nitrogens with zero attached hydrogens (tertiary/aromatic N) is 2. The van der Waals surface area contributed by atoms with Crippen molar-refractivity contribution in [1.29, 1.82) is 0 Å². The summed E-state index contributed by atoms with van der Waals surface area (Å²) in [6.45, 7) is 2.28. The van der Waals surface area contributed by atoms with Gasteiger partial charge in [-0.2, -0.15) is 0 Å². The first kappa shape index (κ1) is 25.6. The highest BCUT2D eigenvalue weighted by Crippen LogP contribution is 2.39. The van der Waals surface area contributed by atoms with E-state index in [1.807, 2.05) is 30.3 Å². The van der Waals surface area contributed by atoms with Gasteiger partial charge in [0.2, 0.25) is 0 Å². The Balaban J connectivity index is 1.59. The Hall–Kier alpha value is -3.51. The number of aliphatic imine (C=N–C) groups is 1. The molecule has 0 bridgehead atoms. The second-order valence-electron chi connectivity index (χ2n) is 7.50. The summed E-state index contributed by atoms with van der Waals surface area (Å²) >= 11 is 3.58. The SMILES string of the molecule is CCOC(=O)c1c(N=Cc2cc(I)c(OCc3ccc([N+](=O)[O-])cc3)c(OC)c2)sc2ccccc12. The van der Waals surface area contributed by atoms with E-state index in [1.165, 1.54) is 23.5 Å². The summed E-state index contributed by atoms with van der Waals surface area (Å²) < 4.78 is 18.5. The number of nitro groups is 1. The molecule has 0 aliphatic rings. The number of carbonyl (C=O) groups excluding carboxylic acids is 1. The van der Waals surface area contributed by atoms with Crippen molar-refractivity contribution in [3.05, 3.63) is 91.0 Å². The van der Waals surface area contributed by atoms with Gasteiger partial charge in [-0.3, -0.25) is 10.1 Å². The van der Waals surface area contributed by atoms with Gasteiger partial charge in [-0.25, -0.2) is 9.79 Å². The zero-order chi connectivity index (χ0) is 25.7. The smallest absolute Gasteiger partial charge is 0.341 e. The topological polar surface area (TPSA) is 100 Å². The molecule has 4 rings (SSSR count). The van der Waals surface area contributed by atoms with E-state index in [1.54, 1.807) is 38.4 Å². The molecule has 0 unspecified atom stereocenters. The minimum atomic E-state index is -0.439. The molecule has 0 fully saturated rings. The summed E-state index contributed by atoms with van der Waals surface area (Å²) in [4.78, 5) is 27.7. The maximum atomic E-state index is 12.6. The van der Waals surface area contributed by atoms with Gasteiger partial charge in [-0.15, -0.1) is 11.3 Å². The molecule has 1 aromatic heterocycles. The van der Waals surface area contributed by atoms with E-state index in [2.05, 4.69) is 27.6 Å². The largest absolute Gasteiger partial charge is 0.493 e. The number of halogens is 1. The van der Waals surface area contributed by atoms with E-state index < -0.39 is 10.9 Å². The van der Waals surface area contributed by atoms with Gasteiger partial charge in [-0.1, -0.05) is 18.2 Å². The van der Waals surface area contributed by atoms with Crippen LogP contribution in [0.15, 0.2) is 65.7 Å². The molecule has 4 aromatic rings. The summed E-state index contributed by atoms with van der Waals surface area (Å²) in [5.41, 5.74) is 2.05. The Bertz CT molecular complexity index is 1450. The number of rotatable bonds is 9. The van der Waals surface area contributed by atoms with Gasteiger partial charge < -0.3 is 14.2 Å². The monoisotopic (exact) mass is 616 g/mol. The van der Waals surface area contributed by atoms with Crippen LogP contribution in [0.5, 0.6) is 11.5 Å². The van der Waals surface area contributed by atoms with Crippen molar-refractivity contribution >= 4 is 66.9 Å². The lowest BCUT2D eigenvalue weighted by Gasteiger charge is -2.13. The summed E-state index contributed by atoms with van der Waals surface area (Å²) in [6, 6.07) is 17.5. The Morgan fingerprint density at radius 1 is 1.17 bits per heavy atom. The summed E-state index contributed by atoms with van der Waals surface area (Å²) in [5, 5.41) is 12.2. The van der Waals surface area contributed by atoms with E-state index >= 15 is 0 Å². The van der Waals surface area contributed by atoms with E-state index in [0.29, 0.717) is 22.1 Å². The molecular weight excluding hydrogens is 595 g/mol. The Morgan fingerprint density at radius 3 is 2.61 bits per heavy atom. The van der Waals surface area contributed by atoms with Crippen LogP contribution in [0.3, 0.4) is 0 Å². The molecule has 184 valence electrons. The molecule has 0 radical (unpaired) electrons. The van der Waals surface area contributed by atoms with Gasteiger partial charge in [0.25, 0.3) is 5.69 Å². The maximum absolute atomic E-state index is 12.6. The number of thiophene rings is 1. The fourth-order valence-corrected chi connectivity index (χ4v) is 5.30. The molecule has 0 aliphatic carbocycles. The lowest BCUT2D eigenvalue weighted by Crippen LogP contribution is -2.04. The molecule has 10 heteroatoms. The number of esters is 1. The second kappa shape index (κ2) is 11.5. The van der Waals surface area contributed by atoms with E-state index in [9.17, 15) is 14.9 Å². The van der Waals surface area contributed by atoms with Crippen molar-refractivity contribution in [2.24, 2.45) is 4.99 Å². The highest BCUT2D eigenvalue weighted by Gasteiger charge is 2.20. The highest BCUT2D eigenvalue weighted by molar-refractivity contribution is 14.1. The number of non-ortho nitro benzene ring substituents is 1. The van der Waals surface area contributed by atoms with Crippen molar-refractivity contribution in [1.82, 2.24) is 0 Å². The molecule has 0 spiro atoms. The lowest BCUT2D eigenvalue weighted by molar-refractivity contribution is -0.384. The quantitative estimate of drug-likeness (QED) is 0.0665. The predicted molar refractivity (Wildman–Crippen MR) is 148 cm³/mol. The van der Waals surface area contributed by atoms with Gasteiger partial charge in [0.05, 0.1) is 22.2 Å². The second-order valence-corrected chi connectivity index (χ2v) is 9.70. The van der Waals surface area contributed by atoms with E-state index in [-0.39, 0.29) is 18.9 Å². The third-order valence-electron chi connectivity index (χ3n) is 5.17. The summed E-state index contributed by atoms with van der Waals surface area (Å²) in [7, 11) is 1.55. The number of fused-ring (bicyclic) bond motifs is 1. The van der Waals surface area contributed by atoms with Crippen molar-refractivity contribution in [3.63, 3.8) is 0 Å². The third kappa shape index (κ3) is 5.65. The zero-order valence-electron chi connectivity index (χ0n) is 19.4. The van der Waals surface area contributed by atoms with Crippen LogP contribution in [0.4, 0.5) is 10.7 Å². The molecule has 0 atom stereocenters. The lowest BCUT2D eigenvalue weighted by atomic mass is 10.1. The molecule has 0 saturated carbocycles. The molecule has 1 heterocycles. The van der Waals surface area contributed by atoms with Crippen LogP contribution in [-0.2, 0) is 11.3 Å². The molecule has 0 amide bonds. The van der Waals surface area contributed by atoms with E-state index in [0.717, 1.165) is 24.8 Å². The Kier molecular flexibility index (Phi) is 8.16. The fourth-order valence-electron chi connectivity index (χ4n) is 3.48. The molecule has 0 saturated heterocycles. The van der Waals surface area contributed by atoms with Crippen molar-refractivity contribution in [2.75, 3.05) is 13.7 Å². The average Bonchev–Trinajstić information content (AvgIpc) is 3.25. The van der Waals surface area contributed by atoms with Crippen LogP contribution < -0.4 is 9.47 Å². The third-order valence-corrected chi connectivity index (χ3v) is 7.05. The Labute approximate surface area is 224 Å². The average molecular weight is 616 g/mol. The van der Waals surface area contributed by atoms with Crippen LogP contribution >= 0.6 is 33.9 Å². The van der Waals surface area contributed by atoms with Crippen molar-refractivity contribution in [3.8, 4) is 11.5 Å². The number of nitro benzene ring substituents is 1. The predicted octanol–water partition coefficient (Wildman–Crippen LogP) is 6.93. The van der Waals surface area contributed by atoms with E-state index in [4.69, 9.17) is 14.2 Å². The number of hydrogen-bond acceptors (Lipinski definition) is 8. The summed E-state index contributed by atoms with van der Waals surface area (Å²) in [5.74, 6) is 0.680. The normalized spacial score (nSPS) is 11.1. The zero-order valence-corrected chi connectivity index (χ0v) is 22.4. The molecule has 0 N–H and O–H groups in total. The first-order valence-corrected chi connectivity index (χ1v) is 12.8. The number of hydrogen-bond donors (Lipinski definition) is 0. The van der Waals surface area contributed by atoms with Gasteiger partial charge in [0.1, 0.15) is 17.2 Å². The van der Waals surface area contributed by atoms with Crippen LogP contribution in [-0.4, -0.2) is 30.8 Å². The summed E-state index contributed by atoms with van der Waals surface area (Å²) in [6.07, 6.45) is 1.68. The highest BCUT2D eigenvalue weighted by atomic mass is 127. The number of methoxy groups -OCH3 is 1. The molecule has 8 nitrogen and oxygen atoms in total. The van der Waals surface area contributed by atoms with Crippen LogP contribution in [0, 0.1) is 13.7 Å². The minimum absolute atomic E-state index is 0.0271. The first-order chi connectivity index (χ1) is 17.4. The molecule has 0 aliphatic heterocycles. The molecular formula is C26H21IN2O6S. The van der Waals surface area contributed by atoms with Crippen molar-refractivity contribution in [2.45, 2.75) is 13.5 Å². The minimum Gasteiger partial charge on any atom is -0.493 e. The van der Waals surface area contributed by atoms with Crippen molar-refractivity contribution < 1.29 is 23.9 Å². The molecule has 36 heavy (non-hydrogen) atoms. The standard InChI is InChI=1S/C26H21IN2O6S/c1-3-34-26(30)23-19-6-4-5-7-22(19)36-25(23)28-14-17-12-20(27)24(21(13-17)33-2)35-15-16-8-10-18(11-9-16)29(31)32/h4-14H,3,15H2,1-2H3. The molecule has 3 aromatic carbocycles. The van der Waals surface area contributed by atoms with Gasteiger partial charge in [0, 0.05) is 28.4 Å². The first-order valence-electron chi connectivity index (χ1n) is 10.9. The Morgan fingerprint density at radius 2 is 1.92 bits per heavy atom. The number of ether oxygens (including phenoxy) is 3.